The summed E-state index contributed by atoms with van der Waals surface area (Å²) in [4.78, 5) is 22.6. The van der Waals surface area contributed by atoms with Gasteiger partial charge in [0.1, 0.15) is 6.61 Å². The van der Waals surface area contributed by atoms with Gasteiger partial charge in [0.15, 0.2) is 0 Å². The highest BCUT2D eigenvalue weighted by molar-refractivity contribution is 5.92. The SMILES string of the molecule is CCC(=O)N1CCOC1=O. The first-order valence-electron chi connectivity index (χ1n) is 3.23. The summed E-state index contributed by atoms with van der Waals surface area (Å²) < 4.78 is 4.55. The minimum Gasteiger partial charge on any atom is -0.447 e. The minimum absolute atomic E-state index is 0.164. The molecule has 0 spiro atoms. The van der Waals surface area contributed by atoms with Crippen molar-refractivity contribution in [1.29, 1.82) is 0 Å². The highest BCUT2D eigenvalue weighted by Crippen LogP contribution is 2.04. The van der Waals surface area contributed by atoms with Crippen LogP contribution in [0.25, 0.3) is 0 Å². The highest BCUT2D eigenvalue weighted by Gasteiger charge is 2.26. The third kappa shape index (κ3) is 1.10. The summed E-state index contributed by atoms with van der Waals surface area (Å²) in [6.07, 6.45) is -0.151. The summed E-state index contributed by atoms with van der Waals surface area (Å²) in [5.41, 5.74) is 0. The van der Waals surface area contributed by atoms with Gasteiger partial charge < -0.3 is 4.74 Å². The van der Waals surface area contributed by atoms with E-state index >= 15 is 0 Å². The van der Waals surface area contributed by atoms with E-state index < -0.39 is 6.09 Å². The van der Waals surface area contributed by atoms with Gasteiger partial charge in [-0.2, -0.15) is 0 Å². The van der Waals surface area contributed by atoms with Gasteiger partial charge in [-0.3, -0.25) is 4.79 Å². The maximum Gasteiger partial charge on any atom is 0.416 e. The molecule has 1 fully saturated rings. The predicted octanol–water partition coefficient (Wildman–Crippen LogP) is 0.375. The predicted molar refractivity (Wildman–Crippen MR) is 33.4 cm³/mol. The van der Waals surface area contributed by atoms with E-state index in [4.69, 9.17) is 0 Å². The van der Waals surface area contributed by atoms with E-state index in [0.29, 0.717) is 19.6 Å². The molecule has 0 atom stereocenters. The average molecular weight is 143 g/mol. The van der Waals surface area contributed by atoms with Crippen LogP contribution in [-0.2, 0) is 9.53 Å². The smallest absolute Gasteiger partial charge is 0.416 e. The van der Waals surface area contributed by atoms with Crippen LogP contribution in [0.4, 0.5) is 4.79 Å². The fourth-order valence-electron chi connectivity index (χ4n) is 0.811. The van der Waals surface area contributed by atoms with Crippen molar-refractivity contribution < 1.29 is 14.3 Å². The van der Waals surface area contributed by atoms with E-state index in [2.05, 4.69) is 4.74 Å². The van der Waals surface area contributed by atoms with Gasteiger partial charge in [0.2, 0.25) is 5.91 Å². The Hall–Kier alpha value is -1.06. The molecule has 0 N–H and O–H groups in total. The molecule has 0 saturated carbocycles. The molecule has 56 valence electrons. The van der Waals surface area contributed by atoms with Crippen molar-refractivity contribution in [1.82, 2.24) is 4.90 Å². The van der Waals surface area contributed by atoms with Crippen molar-refractivity contribution in [2.75, 3.05) is 13.2 Å². The number of amides is 2. The van der Waals surface area contributed by atoms with Crippen LogP contribution in [-0.4, -0.2) is 30.1 Å². The van der Waals surface area contributed by atoms with E-state index in [1.165, 1.54) is 0 Å². The first-order valence-corrected chi connectivity index (χ1v) is 3.23. The lowest BCUT2D eigenvalue weighted by Gasteiger charge is -2.07. The molecule has 1 aliphatic heterocycles. The lowest BCUT2D eigenvalue weighted by Crippen LogP contribution is -2.30. The summed E-state index contributed by atoms with van der Waals surface area (Å²) in [6.45, 7) is 2.46. The van der Waals surface area contributed by atoms with Crippen molar-refractivity contribution in [3.63, 3.8) is 0 Å². The molecule has 1 aliphatic rings. The summed E-state index contributed by atoms with van der Waals surface area (Å²) in [7, 11) is 0. The molecular weight excluding hydrogens is 134 g/mol. The molecule has 10 heavy (non-hydrogen) atoms. The Labute approximate surface area is 58.8 Å². The van der Waals surface area contributed by atoms with Crippen molar-refractivity contribution in [3.05, 3.63) is 0 Å². The lowest BCUT2D eigenvalue weighted by molar-refractivity contribution is -0.127. The Morgan fingerprint density at radius 1 is 1.80 bits per heavy atom. The monoisotopic (exact) mass is 143 g/mol. The standard InChI is InChI=1S/C6H9NO3/c1-2-5(8)7-3-4-10-6(7)9/h2-4H2,1H3. The molecule has 0 aromatic heterocycles. The van der Waals surface area contributed by atoms with E-state index in [9.17, 15) is 9.59 Å². The zero-order chi connectivity index (χ0) is 7.56. The molecule has 1 saturated heterocycles. The van der Waals surface area contributed by atoms with Crippen molar-refractivity contribution in [3.8, 4) is 0 Å². The molecule has 0 aromatic carbocycles. The maximum atomic E-state index is 10.8. The molecule has 0 radical (unpaired) electrons. The number of hydrogen-bond donors (Lipinski definition) is 0. The highest BCUT2D eigenvalue weighted by atomic mass is 16.6. The molecule has 0 aliphatic carbocycles. The van der Waals surface area contributed by atoms with Gasteiger partial charge in [-0.25, -0.2) is 9.69 Å². The van der Waals surface area contributed by atoms with Crippen LogP contribution in [0.5, 0.6) is 0 Å². The molecule has 2 amide bonds. The van der Waals surface area contributed by atoms with Gasteiger partial charge in [0.05, 0.1) is 6.54 Å². The van der Waals surface area contributed by atoms with Gasteiger partial charge in [-0.1, -0.05) is 6.92 Å². The number of carbonyl (C=O) groups excluding carboxylic acids is 2. The lowest BCUT2D eigenvalue weighted by atomic mass is 10.4. The van der Waals surface area contributed by atoms with E-state index in [1.807, 2.05) is 0 Å². The van der Waals surface area contributed by atoms with Gasteiger partial charge in [-0.15, -0.1) is 0 Å². The molecule has 0 bridgehead atoms. The van der Waals surface area contributed by atoms with Crippen LogP contribution in [0.1, 0.15) is 13.3 Å². The normalized spacial score (nSPS) is 17.3. The zero-order valence-corrected chi connectivity index (χ0v) is 5.79. The Kier molecular flexibility index (Phi) is 1.89. The summed E-state index contributed by atoms with van der Waals surface area (Å²) in [5, 5.41) is 0. The third-order valence-electron chi connectivity index (χ3n) is 1.36. The van der Waals surface area contributed by atoms with Crippen molar-refractivity contribution in [2.45, 2.75) is 13.3 Å². The summed E-state index contributed by atoms with van der Waals surface area (Å²) in [6, 6.07) is 0. The maximum absolute atomic E-state index is 10.8. The third-order valence-corrected chi connectivity index (χ3v) is 1.36. The van der Waals surface area contributed by atoms with E-state index in [0.717, 1.165) is 4.90 Å². The van der Waals surface area contributed by atoms with Crippen LogP contribution < -0.4 is 0 Å². The Morgan fingerprint density at radius 3 is 2.90 bits per heavy atom. The first kappa shape index (κ1) is 7.05. The number of nitrogens with zero attached hydrogens (tertiary/aromatic N) is 1. The number of hydrogen-bond acceptors (Lipinski definition) is 3. The second-order valence-electron chi connectivity index (χ2n) is 2.01. The molecular formula is C6H9NO3. The fraction of sp³-hybridized carbons (Fsp3) is 0.667. The van der Waals surface area contributed by atoms with Crippen LogP contribution in [0, 0.1) is 0 Å². The second kappa shape index (κ2) is 2.68. The number of cyclic esters (lactones) is 1. The van der Waals surface area contributed by atoms with E-state index in [-0.39, 0.29) is 5.91 Å². The fourth-order valence-corrected chi connectivity index (χ4v) is 0.811. The molecule has 1 heterocycles. The van der Waals surface area contributed by atoms with Gasteiger partial charge in [-0.05, 0) is 0 Å². The Balaban J connectivity index is 2.55. The Morgan fingerprint density at radius 2 is 2.50 bits per heavy atom. The van der Waals surface area contributed by atoms with Crippen molar-refractivity contribution >= 4 is 12.0 Å². The minimum atomic E-state index is -0.508. The molecule has 0 unspecified atom stereocenters. The quantitative estimate of drug-likeness (QED) is 0.533. The van der Waals surface area contributed by atoms with Crippen molar-refractivity contribution in [2.24, 2.45) is 0 Å². The van der Waals surface area contributed by atoms with Gasteiger partial charge in [0, 0.05) is 6.42 Å². The number of ether oxygens (including phenoxy) is 1. The zero-order valence-electron chi connectivity index (χ0n) is 5.79. The van der Waals surface area contributed by atoms with Crippen LogP contribution in [0.2, 0.25) is 0 Å². The molecule has 0 aromatic rings. The molecule has 4 heteroatoms. The Bertz CT molecular complexity index is 166. The number of imide groups is 1. The molecule has 4 nitrogen and oxygen atoms in total. The molecule has 1 rings (SSSR count). The van der Waals surface area contributed by atoms with Crippen LogP contribution in [0.3, 0.4) is 0 Å². The van der Waals surface area contributed by atoms with Gasteiger partial charge >= 0.3 is 6.09 Å². The second-order valence-corrected chi connectivity index (χ2v) is 2.01. The van der Waals surface area contributed by atoms with Gasteiger partial charge in [0.25, 0.3) is 0 Å². The largest absolute Gasteiger partial charge is 0.447 e. The average Bonchev–Trinajstić information content (AvgIpc) is 2.34. The first-order chi connectivity index (χ1) is 4.75. The number of rotatable bonds is 1. The van der Waals surface area contributed by atoms with Crippen LogP contribution >= 0.6 is 0 Å². The topological polar surface area (TPSA) is 46.6 Å². The van der Waals surface area contributed by atoms with Crippen LogP contribution in [0.15, 0.2) is 0 Å². The summed E-state index contributed by atoms with van der Waals surface area (Å²) in [5.74, 6) is -0.164. The van der Waals surface area contributed by atoms with E-state index in [1.54, 1.807) is 6.92 Å². The summed E-state index contributed by atoms with van der Waals surface area (Å²) >= 11 is 0. The number of carbonyl (C=O) groups is 2.